The summed E-state index contributed by atoms with van der Waals surface area (Å²) in [6.07, 6.45) is 2.18. The molecule has 28 heavy (non-hydrogen) atoms. The molecule has 1 aliphatic heterocycles. The summed E-state index contributed by atoms with van der Waals surface area (Å²) < 4.78 is 23.9. The van der Waals surface area contributed by atoms with Gasteiger partial charge in [0.05, 0.1) is 13.4 Å². The fraction of sp³-hybridized carbons (Fsp3) is 0.143. The van der Waals surface area contributed by atoms with Crippen molar-refractivity contribution in [2.45, 2.75) is 6.42 Å². The highest BCUT2D eigenvalue weighted by Gasteiger charge is 2.27. The van der Waals surface area contributed by atoms with Gasteiger partial charge in [-0.2, -0.15) is 0 Å². The van der Waals surface area contributed by atoms with Crippen molar-refractivity contribution in [2.24, 2.45) is 0 Å². The smallest absolute Gasteiger partial charge is 0.293 e. The Morgan fingerprint density at radius 1 is 1.18 bits per heavy atom. The zero-order valence-electron chi connectivity index (χ0n) is 15.1. The number of methoxy groups -OCH3 is 1. The lowest BCUT2D eigenvalue weighted by Crippen LogP contribution is -2.28. The van der Waals surface area contributed by atoms with Gasteiger partial charge in [-0.15, -0.1) is 0 Å². The van der Waals surface area contributed by atoms with Gasteiger partial charge >= 0.3 is 0 Å². The Balaban J connectivity index is 1.56. The van der Waals surface area contributed by atoms with Crippen LogP contribution in [0.1, 0.15) is 26.5 Å². The molecule has 0 radical (unpaired) electrons. The number of furan rings is 1. The number of amides is 2. The first-order valence-corrected chi connectivity index (χ1v) is 8.70. The first-order valence-electron chi connectivity index (χ1n) is 8.70. The van der Waals surface area contributed by atoms with Gasteiger partial charge in [-0.05, 0) is 54.4 Å². The number of nitrogens with zero attached hydrogens (tertiary/aromatic N) is 1. The van der Waals surface area contributed by atoms with Crippen LogP contribution >= 0.6 is 0 Å². The van der Waals surface area contributed by atoms with Crippen LogP contribution in [0.2, 0.25) is 0 Å². The van der Waals surface area contributed by atoms with Crippen LogP contribution < -0.4 is 15.0 Å². The molecule has 0 spiro atoms. The first-order chi connectivity index (χ1) is 13.6. The number of nitrogens with one attached hydrogen (secondary N) is 1. The number of benzene rings is 2. The van der Waals surface area contributed by atoms with Crippen LogP contribution in [0.15, 0.2) is 59.2 Å². The van der Waals surface area contributed by atoms with E-state index in [0.717, 1.165) is 23.7 Å². The van der Waals surface area contributed by atoms with Gasteiger partial charge in [-0.25, -0.2) is 4.39 Å². The number of hydrogen-bond acceptors (Lipinski definition) is 4. The van der Waals surface area contributed by atoms with E-state index in [4.69, 9.17) is 9.15 Å². The number of carbonyl (C=O) groups excluding carboxylic acids is 2. The molecule has 0 bridgehead atoms. The zero-order chi connectivity index (χ0) is 19.7. The number of carbonyl (C=O) groups is 2. The Morgan fingerprint density at radius 3 is 2.75 bits per heavy atom. The topological polar surface area (TPSA) is 71.8 Å². The average molecular weight is 380 g/mol. The van der Waals surface area contributed by atoms with E-state index in [9.17, 15) is 14.0 Å². The summed E-state index contributed by atoms with van der Waals surface area (Å²) in [7, 11) is 1.36. The molecule has 0 atom stereocenters. The minimum absolute atomic E-state index is 0.0705. The Labute approximate surface area is 160 Å². The predicted octanol–water partition coefficient (Wildman–Crippen LogP) is 3.88. The molecule has 1 N–H and O–H groups in total. The second kappa shape index (κ2) is 7.19. The van der Waals surface area contributed by atoms with Gasteiger partial charge in [-0.1, -0.05) is 6.07 Å². The average Bonchev–Trinajstić information content (AvgIpc) is 3.37. The third-order valence-electron chi connectivity index (χ3n) is 4.63. The van der Waals surface area contributed by atoms with Crippen molar-refractivity contribution in [3.05, 3.63) is 77.5 Å². The zero-order valence-corrected chi connectivity index (χ0v) is 15.1. The molecular formula is C21H17FN2O4. The van der Waals surface area contributed by atoms with Crippen molar-refractivity contribution >= 4 is 23.2 Å². The van der Waals surface area contributed by atoms with Crippen molar-refractivity contribution in [3.63, 3.8) is 0 Å². The van der Waals surface area contributed by atoms with Gasteiger partial charge in [0.15, 0.2) is 17.3 Å². The van der Waals surface area contributed by atoms with Crippen molar-refractivity contribution in [1.29, 1.82) is 0 Å². The van der Waals surface area contributed by atoms with Crippen LogP contribution in [0.4, 0.5) is 15.8 Å². The number of halogens is 1. The maximum atomic E-state index is 13.8. The minimum Gasteiger partial charge on any atom is -0.494 e. The van der Waals surface area contributed by atoms with Crippen LogP contribution in [0.25, 0.3) is 0 Å². The van der Waals surface area contributed by atoms with Gasteiger partial charge in [-0.3, -0.25) is 9.59 Å². The first kappa shape index (κ1) is 17.8. The van der Waals surface area contributed by atoms with E-state index in [1.54, 1.807) is 29.2 Å². The lowest BCUT2D eigenvalue weighted by molar-refractivity contribution is 0.0962. The number of fused-ring (bicyclic) bond motifs is 1. The van der Waals surface area contributed by atoms with E-state index in [-0.39, 0.29) is 23.0 Å². The highest BCUT2D eigenvalue weighted by atomic mass is 19.1. The Kier molecular flexibility index (Phi) is 4.57. The maximum absolute atomic E-state index is 13.8. The molecule has 1 aliphatic rings. The number of ether oxygens (including phenoxy) is 1. The highest BCUT2D eigenvalue weighted by molar-refractivity contribution is 6.07. The molecule has 4 rings (SSSR count). The molecule has 142 valence electrons. The summed E-state index contributed by atoms with van der Waals surface area (Å²) in [5, 5.41) is 2.74. The lowest BCUT2D eigenvalue weighted by atomic mass is 10.1. The van der Waals surface area contributed by atoms with E-state index in [1.807, 2.05) is 6.07 Å². The maximum Gasteiger partial charge on any atom is 0.293 e. The Morgan fingerprint density at radius 2 is 2.04 bits per heavy atom. The van der Waals surface area contributed by atoms with Crippen LogP contribution in [0.3, 0.4) is 0 Å². The second-order valence-electron chi connectivity index (χ2n) is 6.33. The van der Waals surface area contributed by atoms with Crippen LogP contribution in [-0.4, -0.2) is 25.5 Å². The van der Waals surface area contributed by atoms with Crippen molar-refractivity contribution < 1.29 is 23.1 Å². The van der Waals surface area contributed by atoms with Crippen LogP contribution in [0.5, 0.6) is 5.75 Å². The summed E-state index contributed by atoms with van der Waals surface area (Å²) in [4.78, 5) is 26.7. The standard InChI is InChI=1S/C21H17FN2O4/c1-27-18-7-5-14(11-16(18)22)20(25)23-15-6-4-13-8-9-24(17(13)12-15)21(26)19-3-2-10-28-19/h2-7,10-12H,8-9H2,1H3,(H,23,25). The number of rotatable bonds is 4. The minimum atomic E-state index is -0.612. The van der Waals surface area contributed by atoms with E-state index in [1.165, 1.54) is 25.5 Å². The summed E-state index contributed by atoms with van der Waals surface area (Å²) in [6.45, 7) is 0.538. The monoisotopic (exact) mass is 380 g/mol. The Bertz CT molecular complexity index is 1050. The van der Waals surface area contributed by atoms with Crippen molar-refractivity contribution in [1.82, 2.24) is 0 Å². The van der Waals surface area contributed by atoms with E-state index in [0.29, 0.717) is 12.2 Å². The number of anilines is 2. The fourth-order valence-corrected chi connectivity index (χ4v) is 3.21. The highest BCUT2D eigenvalue weighted by Crippen LogP contribution is 2.32. The normalized spacial score (nSPS) is 12.6. The van der Waals surface area contributed by atoms with Gasteiger partial charge in [0.1, 0.15) is 0 Å². The molecule has 0 unspecified atom stereocenters. The lowest BCUT2D eigenvalue weighted by Gasteiger charge is -2.17. The third kappa shape index (κ3) is 3.22. The predicted molar refractivity (Wildman–Crippen MR) is 101 cm³/mol. The molecule has 0 saturated carbocycles. The summed E-state index contributed by atoms with van der Waals surface area (Å²) >= 11 is 0. The molecule has 7 heteroatoms. The molecule has 3 aromatic rings. The second-order valence-corrected chi connectivity index (χ2v) is 6.33. The number of hydrogen-bond donors (Lipinski definition) is 1. The van der Waals surface area contributed by atoms with Gasteiger partial charge in [0.25, 0.3) is 11.8 Å². The van der Waals surface area contributed by atoms with E-state index >= 15 is 0 Å². The SMILES string of the molecule is COc1ccc(C(=O)Nc2ccc3c(c2)N(C(=O)c2ccco2)CC3)cc1F. The summed E-state index contributed by atoms with van der Waals surface area (Å²) in [6, 6.07) is 12.6. The molecule has 0 saturated heterocycles. The van der Waals surface area contributed by atoms with E-state index in [2.05, 4.69) is 5.32 Å². The van der Waals surface area contributed by atoms with Gasteiger partial charge < -0.3 is 19.4 Å². The summed E-state index contributed by atoms with van der Waals surface area (Å²) in [5.74, 6) is -0.968. The van der Waals surface area contributed by atoms with Crippen LogP contribution in [-0.2, 0) is 6.42 Å². The molecular weight excluding hydrogens is 363 g/mol. The third-order valence-corrected chi connectivity index (χ3v) is 4.63. The van der Waals surface area contributed by atoms with E-state index < -0.39 is 11.7 Å². The van der Waals surface area contributed by atoms with Gasteiger partial charge in [0, 0.05) is 23.5 Å². The van der Waals surface area contributed by atoms with Crippen molar-refractivity contribution in [2.75, 3.05) is 23.9 Å². The Hall–Kier alpha value is -3.61. The van der Waals surface area contributed by atoms with Crippen molar-refractivity contribution in [3.8, 4) is 5.75 Å². The quantitative estimate of drug-likeness (QED) is 0.746. The molecule has 1 aromatic heterocycles. The molecule has 6 nitrogen and oxygen atoms in total. The van der Waals surface area contributed by atoms with Crippen LogP contribution in [0, 0.1) is 5.82 Å². The largest absolute Gasteiger partial charge is 0.494 e. The fourth-order valence-electron chi connectivity index (χ4n) is 3.21. The molecule has 2 heterocycles. The molecule has 2 aromatic carbocycles. The molecule has 0 fully saturated rings. The molecule has 2 amide bonds. The molecule has 0 aliphatic carbocycles. The summed E-state index contributed by atoms with van der Waals surface area (Å²) in [5.41, 5.74) is 2.41. The van der Waals surface area contributed by atoms with Gasteiger partial charge in [0.2, 0.25) is 0 Å².